The number of nitrogens with zero attached hydrogens (tertiary/aromatic N) is 3. The van der Waals surface area contributed by atoms with E-state index in [-0.39, 0.29) is 11.7 Å². The number of aryl methyl sites for hydroxylation is 2. The molecule has 1 amide bonds. The van der Waals surface area contributed by atoms with Crippen LogP contribution in [0.2, 0.25) is 0 Å². The fourth-order valence-corrected chi connectivity index (χ4v) is 3.25. The maximum Gasteiger partial charge on any atom is 0.272 e. The highest BCUT2D eigenvalue weighted by Crippen LogP contribution is 2.22. The molecule has 2 aromatic heterocycles. The molecule has 5 nitrogen and oxygen atoms in total. The molecular formula is C21H19FN4O. The van der Waals surface area contributed by atoms with Gasteiger partial charge in [-0.05, 0) is 30.7 Å². The summed E-state index contributed by atoms with van der Waals surface area (Å²) < 4.78 is 17.4. The van der Waals surface area contributed by atoms with Gasteiger partial charge in [-0.15, -0.1) is 0 Å². The third kappa shape index (κ3) is 3.33. The molecule has 136 valence electrons. The number of rotatable bonds is 4. The van der Waals surface area contributed by atoms with E-state index >= 15 is 0 Å². The SMILES string of the molecule is Cc1cccc(Cn2cc(NC(=O)c3cc4c(F)cccc4n3C)cn2)c1. The molecule has 6 heteroatoms. The second kappa shape index (κ2) is 6.72. The quantitative estimate of drug-likeness (QED) is 0.594. The first-order chi connectivity index (χ1) is 13.0. The Hall–Kier alpha value is -3.41. The van der Waals surface area contributed by atoms with Crippen LogP contribution in [0.4, 0.5) is 10.1 Å². The predicted molar refractivity (Wildman–Crippen MR) is 103 cm³/mol. The van der Waals surface area contributed by atoms with Gasteiger partial charge in [0.2, 0.25) is 0 Å². The van der Waals surface area contributed by atoms with Crippen LogP contribution in [0.15, 0.2) is 60.9 Å². The van der Waals surface area contributed by atoms with E-state index in [1.54, 1.807) is 46.9 Å². The lowest BCUT2D eigenvalue weighted by Crippen LogP contribution is -2.15. The highest BCUT2D eigenvalue weighted by atomic mass is 19.1. The number of fused-ring (bicyclic) bond motifs is 1. The highest BCUT2D eigenvalue weighted by Gasteiger charge is 2.16. The first-order valence-electron chi connectivity index (χ1n) is 8.64. The van der Waals surface area contributed by atoms with Gasteiger partial charge in [0, 0.05) is 18.6 Å². The van der Waals surface area contributed by atoms with Crippen LogP contribution in [-0.2, 0) is 13.6 Å². The average molecular weight is 362 g/mol. The monoisotopic (exact) mass is 362 g/mol. The van der Waals surface area contributed by atoms with Crippen LogP contribution in [0.1, 0.15) is 21.6 Å². The normalized spacial score (nSPS) is 11.1. The van der Waals surface area contributed by atoms with Gasteiger partial charge in [0.15, 0.2) is 0 Å². The Morgan fingerprint density at radius 1 is 1.19 bits per heavy atom. The second-order valence-electron chi connectivity index (χ2n) is 6.63. The number of halogens is 1. The smallest absolute Gasteiger partial charge is 0.272 e. The summed E-state index contributed by atoms with van der Waals surface area (Å²) in [6, 6.07) is 14.6. The van der Waals surface area contributed by atoms with E-state index in [1.165, 1.54) is 11.6 Å². The van der Waals surface area contributed by atoms with Gasteiger partial charge in [-0.2, -0.15) is 5.10 Å². The third-order valence-electron chi connectivity index (χ3n) is 4.58. The van der Waals surface area contributed by atoms with Gasteiger partial charge in [-0.1, -0.05) is 35.9 Å². The molecule has 0 aliphatic rings. The molecule has 4 aromatic rings. The largest absolute Gasteiger partial charge is 0.340 e. The van der Waals surface area contributed by atoms with Crippen molar-refractivity contribution in [1.82, 2.24) is 14.3 Å². The number of hydrogen-bond acceptors (Lipinski definition) is 2. The summed E-state index contributed by atoms with van der Waals surface area (Å²) in [6.45, 7) is 2.67. The Balaban J connectivity index is 1.53. The fraction of sp³-hybridized carbons (Fsp3) is 0.143. The zero-order valence-corrected chi connectivity index (χ0v) is 15.1. The van der Waals surface area contributed by atoms with Crippen LogP contribution in [0.3, 0.4) is 0 Å². The first kappa shape index (κ1) is 17.0. The molecule has 4 rings (SSSR count). The van der Waals surface area contributed by atoms with Crippen LogP contribution in [-0.4, -0.2) is 20.3 Å². The van der Waals surface area contributed by atoms with E-state index in [9.17, 15) is 9.18 Å². The molecule has 2 aromatic carbocycles. The van der Waals surface area contributed by atoms with Crippen molar-refractivity contribution in [1.29, 1.82) is 0 Å². The molecule has 0 atom stereocenters. The minimum absolute atomic E-state index is 0.303. The van der Waals surface area contributed by atoms with E-state index in [1.807, 2.05) is 25.1 Å². The number of anilines is 1. The van der Waals surface area contributed by atoms with E-state index in [2.05, 4.69) is 16.5 Å². The summed E-state index contributed by atoms with van der Waals surface area (Å²) in [5.74, 6) is -0.642. The minimum Gasteiger partial charge on any atom is -0.340 e. The van der Waals surface area contributed by atoms with Gasteiger partial charge >= 0.3 is 0 Å². The van der Waals surface area contributed by atoms with Gasteiger partial charge < -0.3 is 9.88 Å². The lowest BCUT2D eigenvalue weighted by molar-refractivity contribution is 0.101. The summed E-state index contributed by atoms with van der Waals surface area (Å²) in [4.78, 5) is 12.6. The number of carbonyl (C=O) groups is 1. The number of amides is 1. The first-order valence-corrected chi connectivity index (χ1v) is 8.64. The number of hydrogen-bond donors (Lipinski definition) is 1. The van der Waals surface area contributed by atoms with Crippen LogP contribution in [0.25, 0.3) is 10.9 Å². The van der Waals surface area contributed by atoms with E-state index in [0.29, 0.717) is 28.8 Å². The van der Waals surface area contributed by atoms with Crippen LogP contribution in [0.5, 0.6) is 0 Å². The van der Waals surface area contributed by atoms with Crippen molar-refractivity contribution in [3.8, 4) is 0 Å². The van der Waals surface area contributed by atoms with Crippen molar-refractivity contribution in [3.63, 3.8) is 0 Å². The summed E-state index contributed by atoms with van der Waals surface area (Å²) in [6.07, 6.45) is 3.39. The Kier molecular flexibility index (Phi) is 4.24. The van der Waals surface area contributed by atoms with Gasteiger partial charge in [-0.3, -0.25) is 9.48 Å². The van der Waals surface area contributed by atoms with Gasteiger partial charge in [0.25, 0.3) is 5.91 Å². The van der Waals surface area contributed by atoms with Gasteiger partial charge in [0.05, 0.1) is 23.9 Å². The third-order valence-corrected chi connectivity index (χ3v) is 4.58. The second-order valence-corrected chi connectivity index (χ2v) is 6.63. The van der Waals surface area contributed by atoms with Crippen LogP contribution in [0, 0.1) is 12.7 Å². The maximum atomic E-state index is 14.0. The van der Waals surface area contributed by atoms with Crippen LogP contribution >= 0.6 is 0 Å². The highest BCUT2D eigenvalue weighted by molar-refractivity contribution is 6.06. The lowest BCUT2D eigenvalue weighted by atomic mass is 10.1. The summed E-state index contributed by atoms with van der Waals surface area (Å²) in [7, 11) is 1.75. The molecule has 27 heavy (non-hydrogen) atoms. The van der Waals surface area contributed by atoms with E-state index in [0.717, 1.165) is 5.56 Å². The molecule has 0 saturated carbocycles. The molecule has 0 bridgehead atoms. The van der Waals surface area contributed by atoms with Crippen molar-refractivity contribution in [2.45, 2.75) is 13.5 Å². The topological polar surface area (TPSA) is 51.9 Å². The summed E-state index contributed by atoms with van der Waals surface area (Å²) in [5, 5.41) is 7.56. The van der Waals surface area contributed by atoms with E-state index in [4.69, 9.17) is 0 Å². The molecule has 2 heterocycles. The Labute approximate surface area is 156 Å². The lowest BCUT2D eigenvalue weighted by Gasteiger charge is -2.05. The standard InChI is InChI=1S/C21H19FN4O/c1-14-5-3-6-15(9-14)12-26-13-16(11-23-26)24-21(27)20-10-17-18(22)7-4-8-19(17)25(20)2/h3-11,13H,12H2,1-2H3,(H,24,27). The molecule has 0 fully saturated rings. The molecule has 0 aliphatic carbocycles. The Bertz CT molecular complexity index is 1140. The predicted octanol–water partition coefficient (Wildman–Crippen LogP) is 4.12. The van der Waals surface area contributed by atoms with Crippen molar-refractivity contribution < 1.29 is 9.18 Å². The van der Waals surface area contributed by atoms with Gasteiger partial charge in [0.1, 0.15) is 11.5 Å². The zero-order valence-electron chi connectivity index (χ0n) is 15.1. The van der Waals surface area contributed by atoms with E-state index < -0.39 is 0 Å². The Morgan fingerprint density at radius 2 is 2.00 bits per heavy atom. The molecule has 0 unspecified atom stereocenters. The number of carbonyl (C=O) groups excluding carboxylic acids is 1. The van der Waals surface area contributed by atoms with Gasteiger partial charge in [-0.25, -0.2) is 4.39 Å². The number of nitrogens with one attached hydrogen (secondary N) is 1. The molecule has 0 aliphatic heterocycles. The molecule has 0 spiro atoms. The minimum atomic E-state index is -0.340. The Morgan fingerprint density at radius 3 is 2.78 bits per heavy atom. The summed E-state index contributed by atoms with van der Waals surface area (Å²) in [5.41, 5.74) is 3.99. The number of benzene rings is 2. The molecular weight excluding hydrogens is 343 g/mol. The maximum absolute atomic E-state index is 14.0. The molecule has 0 saturated heterocycles. The zero-order chi connectivity index (χ0) is 19.0. The van der Waals surface area contributed by atoms with Crippen molar-refractivity contribution in [3.05, 3.63) is 83.6 Å². The van der Waals surface area contributed by atoms with Crippen molar-refractivity contribution in [2.24, 2.45) is 7.05 Å². The van der Waals surface area contributed by atoms with Crippen molar-refractivity contribution >= 4 is 22.5 Å². The average Bonchev–Trinajstić information content (AvgIpc) is 3.20. The summed E-state index contributed by atoms with van der Waals surface area (Å²) >= 11 is 0. The van der Waals surface area contributed by atoms with Crippen LogP contribution < -0.4 is 5.32 Å². The molecule has 1 N–H and O–H groups in total. The fourth-order valence-electron chi connectivity index (χ4n) is 3.25. The number of aromatic nitrogens is 3. The van der Waals surface area contributed by atoms with Crippen molar-refractivity contribution in [2.75, 3.05) is 5.32 Å². The molecule has 0 radical (unpaired) electrons.